The molecule has 4 aromatic rings. The van der Waals surface area contributed by atoms with Gasteiger partial charge in [-0.3, -0.25) is 4.79 Å². The third-order valence-electron chi connectivity index (χ3n) is 4.83. The average molecular weight is 426 g/mol. The number of benzene rings is 1. The van der Waals surface area contributed by atoms with Crippen LogP contribution in [0.15, 0.2) is 53.2 Å². The summed E-state index contributed by atoms with van der Waals surface area (Å²) in [5.74, 6) is 0.393. The molecule has 0 spiro atoms. The van der Waals surface area contributed by atoms with Crippen molar-refractivity contribution in [3.05, 3.63) is 59.4 Å². The summed E-state index contributed by atoms with van der Waals surface area (Å²) < 4.78 is 5.36. The van der Waals surface area contributed by atoms with E-state index in [4.69, 9.17) is 16.1 Å². The largest absolute Gasteiger partial charge is 0.355 e. The summed E-state index contributed by atoms with van der Waals surface area (Å²) in [4.78, 5) is 26.7. The molecule has 1 saturated heterocycles. The number of aromatic nitrogens is 3. The molecule has 5 rings (SSSR count). The molecular formula is C20H16ClN5O2S. The lowest BCUT2D eigenvalue weighted by Gasteiger charge is -2.34. The van der Waals surface area contributed by atoms with Crippen LogP contribution in [-0.2, 0) is 0 Å². The van der Waals surface area contributed by atoms with Crippen molar-refractivity contribution in [2.24, 2.45) is 0 Å². The van der Waals surface area contributed by atoms with Crippen LogP contribution in [-0.4, -0.2) is 52.1 Å². The van der Waals surface area contributed by atoms with Crippen LogP contribution in [0.1, 0.15) is 10.5 Å². The smallest absolute Gasteiger partial charge is 0.276 e. The summed E-state index contributed by atoms with van der Waals surface area (Å²) in [5.41, 5.74) is 2.00. The zero-order valence-electron chi connectivity index (χ0n) is 15.3. The zero-order valence-corrected chi connectivity index (χ0v) is 16.9. The van der Waals surface area contributed by atoms with Crippen LogP contribution < -0.4 is 4.90 Å². The number of pyridine rings is 1. The summed E-state index contributed by atoms with van der Waals surface area (Å²) in [6, 6.07) is 12.8. The first-order valence-electron chi connectivity index (χ1n) is 9.16. The molecule has 7 nitrogen and oxygen atoms in total. The fourth-order valence-corrected chi connectivity index (χ4v) is 4.46. The number of hydrogen-bond acceptors (Lipinski definition) is 7. The van der Waals surface area contributed by atoms with Gasteiger partial charge < -0.3 is 14.3 Å². The van der Waals surface area contributed by atoms with E-state index in [0.717, 1.165) is 21.0 Å². The van der Waals surface area contributed by atoms with Crippen LogP contribution in [0.5, 0.6) is 0 Å². The Bertz CT molecular complexity index is 1150. The molecule has 1 aliphatic heterocycles. The maximum Gasteiger partial charge on any atom is 0.276 e. The van der Waals surface area contributed by atoms with E-state index < -0.39 is 0 Å². The number of carbonyl (C=O) groups is 1. The Hall–Kier alpha value is -2.97. The third-order valence-corrected chi connectivity index (χ3v) is 6.11. The molecule has 1 fully saturated rings. The number of carbonyl (C=O) groups excluding carboxylic acids is 1. The molecule has 1 aliphatic rings. The van der Waals surface area contributed by atoms with Gasteiger partial charge in [-0.05, 0) is 24.3 Å². The van der Waals surface area contributed by atoms with Crippen molar-refractivity contribution < 1.29 is 9.32 Å². The third kappa shape index (κ3) is 3.56. The SMILES string of the molecule is O=C(c1cc(-c2cccc(Cl)c2)on1)N1CCN(c2nc3cccnc3s2)CC1. The minimum Gasteiger partial charge on any atom is -0.355 e. The van der Waals surface area contributed by atoms with Crippen LogP contribution in [0.3, 0.4) is 0 Å². The van der Waals surface area contributed by atoms with Gasteiger partial charge in [0.15, 0.2) is 16.6 Å². The summed E-state index contributed by atoms with van der Waals surface area (Å²) in [7, 11) is 0. The Morgan fingerprint density at radius 3 is 2.76 bits per heavy atom. The van der Waals surface area contributed by atoms with Gasteiger partial charge in [-0.25, -0.2) is 9.97 Å². The molecule has 4 heterocycles. The van der Waals surface area contributed by atoms with E-state index in [9.17, 15) is 4.79 Å². The van der Waals surface area contributed by atoms with Crippen molar-refractivity contribution in [3.63, 3.8) is 0 Å². The molecule has 3 aromatic heterocycles. The Morgan fingerprint density at radius 1 is 1.10 bits per heavy atom. The van der Waals surface area contributed by atoms with E-state index in [2.05, 4.69) is 20.0 Å². The van der Waals surface area contributed by atoms with Crippen molar-refractivity contribution in [2.45, 2.75) is 0 Å². The molecule has 0 bridgehead atoms. The predicted octanol–water partition coefficient (Wildman–Crippen LogP) is 3.96. The molecule has 0 atom stereocenters. The molecular weight excluding hydrogens is 410 g/mol. The number of thiazole rings is 1. The van der Waals surface area contributed by atoms with E-state index >= 15 is 0 Å². The number of amides is 1. The second-order valence-corrected chi connectivity index (χ2v) is 8.08. The second-order valence-electron chi connectivity index (χ2n) is 6.69. The Kier molecular flexibility index (Phi) is 4.65. The molecule has 1 aromatic carbocycles. The van der Waals surface area contributed by atoms with Crippen molar-refractivity contribution >= 4 is 44.3 Å². The van der Waals surface area contributed by atoms with Gasteiger partial charge in [-0.1, -0.05) is 40.2 Å². The van der Waals surface area contributed by atoms with Gasteiger partial charge in [0, 0.05) is 49.0 Å². The van der Waals surface area contributed by atoms with Gasteiger partial charge in [-0.15, -0.1) is 0 Å². The monoisotopic (exact) mass is 425 g/mol. The first-order chi connectivity index (χ1) is 14.2. The Balaban J connectivity index is 1.26. The minimum absolute atomic E-state index is 0.132. The average Bonchev–Trinajstić information content (AvgIpc) is 3.41. The standard InChI is InChI=1S/C20H16ClN5O2S/c21-14-4-1-3-13(11-14)17-12-16(24-28-17)19(27)25-7-9-26(10-8-25)20-23-15-5-2-6-22-18(15)29-20/h1-6,11-12H,7-10H2. The van der Waals surface area contributed by atoms with Crippen molar-refractivity contribution in [1.29, 1.82) is 0 Å². The molecule has 9 heteroatoms. The molecule has 0 N–H and O–H groups in total. The van der Waals surface area contributed by atoms with Gasteiger partial charge in [0.25, 0.3) is 5.91 Å². The summed E-state index contributed by atoms with van der Waals surface area (Å²) in [6.07, 6.45) is 1.77. The van der Waals surface area contributed by atoms with E-state index in [1.807, 2.05) is 24.3 Å². The highest BCUT2D eigenvalue weighted by Crippen LogP contribution is 2.28. The number of piperazine rings is 1. The molecule has 0 saturated carbocycles. The number of halogens is 1. The molecule has 1 amide bonds. The van der Waals surface area contributed by atoms with Crippen LogP contribution in [0.4, 0.5) is 5.13 Å². The van der Waals surface area contributed by atoms with Crippen molar-refractivity contribution in [2.75, 3.05) is 31.1 Å². The summed E-state index contributed by atoms with van der Waals surface area (Å²) in [5, 5.41) is 5.51. The van der Waals surface area contributed by atoms with Crippen molar-refractivity contribution in [1.82, 2.24) is 20.0 Å². The first-order valence-corrected chi connectivity index (χ1v) is 10.4. The fraction of sp³-hybridized carbons (Fsp3) is 0.200. The highest BCUT2D eigenvalue weighted by Gasteiger charge is 2.26. The predicted molar refractivity (Wildman–Crippen MR) is 112 cm³/mol. The quantitative estimate of drug-likeness (QED) is 0.494. The lowest BCUT2D eigenvalue weighted by atomic mass is 10.1. The van der Waals surface area contributed by atoms with Crippen LogP contribution in [0.2, 0.25) is 5.02 Å². The molecule has 146 valence electrons. The Morgan fingerprint density at radius 2 is 1.97 bits per heavy atom. The second kappa shape index (κ2) is 7.46. The number of nitrogens with zero attached hydrogens (tertiary/aromatic N) is 5. The maximum atomic E-state index is 12.8. The topological polar surface area (TPSA) is 75.4 Å². The van der Waals surface area contributed by atoms with Gasteiger partial charge in [-0.2, -0.15) is 0 Å². The normalized spacial score (nSPS) is 14.5. The van der Waals surface area contributed by atoms with Crippen LogP contribution in [0.25, 0.3) is 21.7 Å². The highest BCUT2D eigenvalue weighted by atomic mass is 35.5. The van der Waals surface area contributed by atoms with Gasteiger partial charge in [0.2, 0.25) is 0 Å². The minimum atomic E-state index is -0.132. The van der Waals surface area contributed by atoms with E-state index in [1.165, 1.54) is 0 Å². The number of rotatable bonds is 3. The van der Waals surface area contributed by atoms with E-state index in [1.54, 1.807) is 40.6 Å². The molecule has 0 radical (unpaired) electrons. The zero-order chi connectivity index (χ0) is 19.8. The van der Waals surface area contributed by atoms with Crippen LogP contribution >= 0.6 is 22.9 Å². The summed E-state index contributed by atoms with van der Waals surface area (Å²) in [6.45, 7) is 2.62. The number of hydrogen-bond donors (Lipinski definition) is 0. The van der Waals surface area contributed by atoms with E-state index in [-0.39, 0.29) is 5.91 Å². The lowest BCUT2D eigenvalue weighted by molar-refractivity contribution is 0.0736. The van der Waals surface area contributed by atoms with Gasteiger partial charge in [0.1, 0.15) is 10.3 Å². The molecule has 0 unspecified atom stereocenters. The van der Waals surface area contributed by atoms with Crippen LogP contribution in [0, 0.1) is 0 Å². The highest BCUT2D eigenvalue weighted by molar-refractivity contribution is 7.21. The molecule has 29 heavy (non-hydrogen) atoms. The van der Waals surface area contributed by atoms with E-state index in [0.29, 0.717) is 42.7 Å². The number of anilines is 1. The maximum absolute atomic E-state index is 12.8. The van der Waals surface area contributed by atoms with Crippen molar-refractivity contribution in [3.8, 4) is 11.3 Å². The molecule has 0 aliphatic carbocycles. The number of fused-ring (bicyclic) bond motifs is 1. The fourth-order valence-electron chi connectivity index (χ4n) is 3.31. The first kappa shape index (κ1) is 18.1. The lowest BCUT2D eigenvalue weighted by Crippen LogP contribution is -2.48. The Labute approximate surface area is 175 Å². The van der Waals surface area contributed by atoms with Gasteiger partial charge >= 0.3 is 0 Å². The summed E-state index contributed by atoms with van der Waals surface area (Å²) >= 11 is 7.60. The van der Waals surface area contributed by atoms with Gasteiger partial charge in [0.05, 0.1) is 0 Å².